The average molecular weight is 326 g/mol. The molecule has 1 saturated heterocycles. The molecule has 2 aromatic rings. The molecule has 1 fully saturated rings. The molecule has 0 saturated carbocycles. The first-order valence-electron chi connectivity index (χ1n) is 8.24. The van der Waals surface area contributed by atoms with Gasteiger partial charge in [0.25, 0.3) is 5.91 Å². The number of likely N-dealkylation sites (tertiary alicyclic amines) is 1. The van der Waals surface area contributed by atoms with E-state index in [-0.39, 0.29) is 17.9 Å². The lowest BCUT2D eigenvalue weighted by Crippen LogP contribution is -2.42. The summed E-state index contributed by atoms with van der Waals surface area (Å²) in [6.45, 7) is 5.25. The first-order valence-corrected chi connectivity index (χ1v) is 8.24. The van der Waals surface area contributed by atoms with Crippen molar-refractivity contribution < 1.29 is 9.59 Å². The van der Waals surface area contributed by atoms with Crippen molar-refractivity contribution in [3.8, 4) is 5.69 Å². The standard InChI is InChI=1S/C18H22N4O2/c1-13-6-3-4-7-16(13)22-12-15(10-19-22)18(24)20-14(2)11-21-9-5-8-17(21)23/h3-4,6-7,10,12,14H,5,8-9,11H2,1-2H3,(H,20,24). The van der Waals surface area contributed by atoms with Crippen LogP contribution in [0.3, 0.4) is 0 Å². The normalized spacial score (nSPS) is 15.6. The third kappa shape index (κ3) is 3.48. The Morgan fingerprint density at radius 2 is 2.17 bits per heavy atom. The predicted octanol–water partition coefficient (Wildman–Crippen LogP) is 1.92. The van der Waals surface area contributed by atoms with E-state index in [0.29, 0.717) is 18.5 Å². The van der Waals surface area contributed by atoms with E-state index >= 15 is 0 Å². The molecule has 6 heteroatoms. The van der Waals surface area contributed by atoms with Crippen molar-refractivity contribution in [3.63, 3.8) is 0 Å². The summed E-state index contributed by atoms with van der Waals surface area (Å²) in [7, 11) is 0. The predicted molar refractivity (Wildman–Crippen MR) is 91.0 cm³/mol. The maximum absolute atomic E-state index is 12.4. The van der Waals surface area contributed by atoms with E-state index in [2.05, 4.69) is 10.4 Å². The molecule has 6 nitrogen and oxygen atoms in total. The number of amides is 2. The molecular formula is C18H22N4O2. The highest BCUT2D eigenvalue weighted by atomic mass is 16.2. The Kier molecular flexibility index (Phi) is 4.64. The van der Waals surface area contributed by atoms with Gasteiger partial charge in [-0.3, -0.25) is 9.59 Å². The minimum Gasteiger partial charge on any atom is -0.348 e. The molecule has 2 amide bonds. The number of rotatable bonds is 5. The molecule has 24 heavy (non-hydrogen) atoms. The highest BCUT2D eigenvalue weighted by Gasteiger charge is 2.22. The summed E-state index contributed by atoms with van der Waals surface area (Å²) in [6, 6.07) is 7.79. The summed E-state index contributed by atoms with van der Waals surface area (Å²) in [4.78, 5) is 25.8. The fraction of sp³-hybridized carbons (Fsp3) is 0.389. The monoisotopic (exact) mass is 326 g/mol. The maximum atomic E-state index is 12.4. The van der Waals surface area contributed by atoms with Crippen LogP contribution in [0.4, 0.5) is 0 Å². The van der Waals surface area contributed by atoms with Crippen molar-refractivity contribution >= 4 is 11.8 Å². The molecule has 126 valence electrons. The molecule has 1 atom stereocenters. The van der Waals surface area contributed by atoms with Crippen LogP contribution in [-0.4, -0.2) is 45.6 Å². The summed E-state index contributed by atoms with van der Waals surface area (Å²) in [5.74, 6) is -0.00236. The number of carbonyl (C=O) groups is 2. The van der Waals surface area contributed by atoms with Crippen LogP contribution in [0, 0.1) is 6.92 Å². The number of hydrogen-bond donors (Lipinski definition) is 1. The van der Waals surface area contributed by atoms with Crippen molar-refractivity contribution in [2.45, 2.75) is 32.7 Å². The van der Waals surface area contributed by atoms with Crippen molar-refractivity contribution in [1.82, 2.24) is 20.0 Å². The van der Waals surface area contributed by atoms with Gasteiger partial charge in [0.15, 0.2) is 0 Å². The Labute approximate surface area is 141 Å². The molecule has 1 aromatic carbocycles. The second-order valence-corrected chi connectivity index (χ2v) is 6.28. The largest absolute Gasteiger partial charge is 0.348 e. The molecule has 3 rings (SSSR count). The van der Waals surface area contributed by atoms with Crippen molar-refractivity contribution in [3.05, 3.63) is 47.8 Å². The Balaban J connectivity index is 1.63. The van der Waals surface area contributed by atoms with Crippen LogP contribution >= 0.6 is 0 Å². The number of nitrogens with one attached hydrogen (secondary N) is 1. The lowest BCUT2D eigenvalue weighted by Gasteiger charge is -2.21. The second kappa shape index (κ2) is 6.86. The minimum absolute atomic E-state index is 0.0960. The van der Waals surface area contributed by atoms with Gasteiger partial charge >= 0.3 is 0 Å². The van der Waals surface area contributed by atoms with E-state index in [4.69, 9.17) is 0 Å². The number of aryl methyl sites for hydroxylation is 1. The highest BCUT2D eigenvalue weighted by Crippen LogP contribution is 2.13. The van der Waals surface area contributed by atoms with E-state index in [9.17, 15) is 9.59 Å². The number of nitrogens with zero attached hydrogens (tertiary/aromatic N) is 3. The van der Waals surface area contributed by atoms with Crippen molar-refractivity contribution in [1.29, 1.82) is 0 Å². The van der Waals surface area contributed by atoms with Crippen LogP contribution in [0.2, 0.25) is 0 Å². The number of aromatic nitrogens is 2. The highest BCUT2D eigenvalue weighted by molar-refractivity contribution is 5.94. The van der Waals surface area contributed by atoms with Gasteiger partial charge in [0, 0.05) is 31.7 Å². The summed E-state index contributed by atoms with van der Waals surface area (Å²) >= 11 is 0. The van der Waals surface area contributed by atoms with E-state index in [0.717, 1.165) is 24.2 Å². The first-order chi connectivity index (χ1) is 11.5. The van der Waals surface area contributed by atoms with Gasteiger partial charge in [0.2, 0.25) is 5.91 Å². The van der Waals surface area contributed by atoms with Crippen molar-refractivity contribution in [2.24, 2.45) is 0 Å². The number of benzene rings is 1. The fourth-order valence-corrected chi connectivity index (χ4v) is 2.97. The summed E-state index contributed by atoms with van der Waals surface area (Å²) < 4.78 is 1.71. The Bertz CT molecular complexity index is 753. The zero-order valence-electron chi connectivity index (χ0n) is 14.0. The van der Waals surface area contributed by atoms with Gasteiger partial charge in [-0.25, -0.2) is 4.68 Å². The van der Waals surface area contributed by atoms with Crippen LogP contribution < -0.4 is 5.32 Å². The van der Waals surface area contributed by atoms with Crippen LogP contribution in [0.1, 0.15) is 35.7 Å². The average Bonchev–Trinajstić information content (AvgIpc) is 3.18. The van der Waals surface area contributed by atoms with Crippen LogP contribution in [0.5, 0.6) is 0 Å². The van der Waals surface area contributed by atoms with Gasteiger partial charge in [-0.05, 0) is 31.9 Å². The fourth-order valence-electron chi connectivity index (χ4n) is 2.97. The topological polar surface area (TPSA) is 67.2 Å². The Hall–Kier alpha value is -2.63. The lowest BCUT2D eigenvalue weighted by atomic mass is 10.2. The SMILES string of the molecule is Cc1ccccc1-n1cc(C(=O)NC(C)CN2CCCC2=O)cn1. The molecule has 2 heterocycles. The van der Waals surface area contributed by atoms with E-state index in [1.54, 1.807) is 17.1 Å². The molecular weight excluding hydrogens is 304 g/mol. The second-order valence-electron chi connectivity index (χ2n) is 6.28. The zero-order valence-corrected chi connectivity index (χ0v) is 14.0. The third-order valence-corrected chi connectivity index (χ3v) is 4.25. The molecule has 1 N–H and O–H groups in total. The minimum atomic E-state index is -0.172. The molecule has 0 aliphatic carbocycles. The van der Waals surface area contributed by atoms with Gasteiger partial charge in [-0.1, -0.05) is 18.2 Å². The van der Waals surface area contributed by atoms with Gasteiger partial charge < -0.3 is 10.2 Å². The van der Waals surface area contributed by atoms with E-state index in [1.165, 1.54) is 0 Å². The molecule has 1 aliphatic rings. The van der Waals surface area contributed by atoms with Gasteiger partial charge in [-0.2, -0.15) is 5.10 Å². The number of para-hydroxylation sites is 1. The smallest absolute Gasteiger partial charge is 0.254 e. The summed E-state index contributed by atoms with van der Waals surface area (Å²) in [5, 5.41) is 7.22. The first kappa shape index (κ1) is 16.2. The van der Waals surface area contributed by atoms with Crippen molar-refractivity contribution in [2.75, 3.05) is 13.1 Å². The van der Waals surface area contributed by atoms with Crippen LogP contribution in [0.15, 0.2) is 36.7 Å². The van der Waals surface area contributed by atoms with E-state index in [1.807, 2.05) is 43.0 Å². The van der Waals surface area contributed by atoms with Crippen LogP contribution in [0.25, 0.3) is 5.69 Å². The van der Waals surface area contributed by atoms with E-state index < -0.39 is 0 Å². The molecule has 1 unspecified atom stereocenters. The maximum Gasteiger partial charge on any atom is 0.254 e. The molecule has 0 spiro atoms. The summed E-state index contributed by atoms with van der Waals surface area (Å²) in [5.41, 5.74) is 2.55. The van der Waals surface area contributed by atoms with Gasteiger partial charge in [0.1, 0.15) is 0 Å². The van der Waals surface area contributed by atoms with Gasteiger partial charge in [0.05, 0.1) is 17.4 Å². The summed E-state index contributed by atoms with van der Waals surface area (Å²) in [6.07, 6.45) is 4.81. The Morgan fingerprint density at radius 3 is 2.88 bits per heavy atom. The van der Waals surface area contributed by atoms with Crippen LogP contribution in [-0.2, 0) is 4.79 Å². The molecule has 0 bridgehead atoms. The number of hydrogen-bond acceptors (Lipinski definition) is 3. The zero-order chi connectivity index (χ0) is 17.1. The third-order valence-electron chi connectivity index (χ3n) is 4.25. The quantitative estimate of drug-likeness (QED) is 0.913. The molecule has 0 radical (unpaired) electrons. The Morgan fingerprint density at radius 1 is 1.38 bits per heavy atom. The number of carbonyl (C=O) groups excluding carboxylic acids is 2. The molecule has 1 aromatic heterocycles. The molecule has 1 aliphatic heterocycles. The lowest BCUT2D eigenvalue weighted by molar-refractivity contribution is -0.127. The van der Waals surface area contributed by atoms with Gasteiger partial charge in [-0.15, -0.1) is 0 Å².